The van der Waals surface area contributed by atoms with Crippen molar-refractivity contribution in [2.75, 3.05) is 4.90 Å². The molecule has 0 aliphatic carbocycles. The van der Waals surface area contributed by atoms with E-state index in [1.165, 1.54) is 104 Å². The molecule has 1 heterocycles. The number of aromatic nitrogens is 1. The molecule has 0 radical (unpaired) electrons. The van der Waals surface area contributed by atoms with Gasteiger partial charge in [-0.15, -0.1) is 0 Å². The smallest absolute Gasteiger partial charge is 0.0541 e. The van der Waals surface area contributed by atoms with E-state index in [0.717, 1.165) is 28.3 Å². The Morgan fingerprint density at radius 2 is 0.625 bits per heavy atom. The van der Waals surface area contributed by atoms with Gasteiger partial charge in [0.25, 0.3) is 0 Å². The molecule has 13 aromatic carbocycles. The monoisotopic (exact) mass is 914 g/mol. The summed E-state index contributed by atoms with van der Waals surface area (Å²) in [6, 6.07) is 102. The van der Waals surface area contributed by atoms with Crippen LogP contribution >= 0.6 is 0 Å². The number of para-hydroxylation sites is 1. The van der Waals surface area contributed by atoms with E-state index in [1.54, 1.807) is 0 Å². The fourth-order valence-electron chi connectivity index (χ4n) is 11.3. The quantitative estimate of drug-likeness (QED) is 0.138. The minimum absolute atomic E-state index is 1.10. The molecule has 0 saturated carbocycles. The van der Waals surface area contributed by atoms with Crippen LogP contribution in [-0.4, -0.2) is 4.57 Å². The van der Waals surface area contributed by atoms with E-state index in [4.69, 9.17) is 0 Å². The summed E-state index contributed by atoms with van der Waals surface area (Å²) >= 11 is 0. The molecule has 0 bridgehead atoms. The lowest BCUT2D eigenvalue weighted by atomic mass is 9.92. The molecule has 72 heavy (non-hydrogen) atoms. The van der Waals surface area contributed by atoms with Crippen molar-refractivity contribution in [3.63, 3.8) is 0 Å². The van der Waals surface area contributed by atoms with E-state index < -0.39 is 0 Å². The van der Waals surface area contributed by atoms with E-state index >= 15 is 0 Å². The molecule has 2 nitrogen and oxygen atoms in total. The third kappa shape index (κ3) is 7.03. The molecule has 2 heteroatoms. The highest BCUT2D eigenvalue weighted by molar-refractivity contribution is 6.25. The summed E-state index contributed by atoms with van der Waals surface area (Å²) in [6.07, 6.45) is 0. The molecule has 1 aromatic heterocycles. The highest BCUT2D eigenvalue weighted by atomic mass is 15.1. The zero-order valence-corrected chi connectivity index (χ0v) is 39.5. The average Bonchev–Trinajstić information content (AvgIpc) is 3.79. The zero-order valence-electron chi connectivity index (χ0n) is 39.5. The summed E-state index contributed by atoms with van der Waals surface area (Å²) in [7, 11) is 0. The Balaban J connectivity index is 0.894. The van der Waals surface area contributed by atoms with Gasteiger partial charge >= 0.3 is 0 Å². The predicted molar refractivity (Wildman–Crippen MR) is 307 cm³/mol. The minimum Gasteiger partial charge on any atom is -0.311 e. The Labute approximate surface area is 418 Å². The van der Waals surface area contributed by atoms with Gasteiger partial charge in [0, 0.05) is 33.5 Å². The molecular weight excluding hydrogens is 869 g/mol. The Kier molecular flexibility index (Phi) is 9.89. The van der Waals surface area contributed by atoms with E-state index in [9.17, 15) is 0 Å². The maximum atomic E-state index is 2.46. The van der Waals surface area contributed by atoms with Crippen molar-refractivity contribution < 1.29 is 0 Å². The Hall–Kier alpha value is -9.50. The Morgan fingerprint density at radius 3 is 1.29 bits per heavy atom. The molecular formula is C70H46N2. The summed E-state index contributed by atoms with van der Waals surface area (Å²) in [5.74, 6) is 0. The largest absolute Gasteiger partial charge is 0.311 e. The second-order valence-corrected chi connectivity index (χ2v) is 18.9. The van der Waals surface area contributed by atoms with Crippen LogP contribution in [0.15, 0.2) is 279 Å². The average molecular weight is 915 g/mol. The van der Waals surface area contributed by atoms with Crippen molar-refractivity contribution >= 4 is 82.0 Å². The zero-order chi connectivity index (χ0) is 47.5. The van der Waals surface area contributed by atoms with Crippen molar-refractivity contribution in [1.82, 2.24) is 4.57 Å². The lowest BCUT2D eigenvalue weighted by Gasteiger charge is -2.26. The summed E-state index contributed by atoms with van der Waals surface area (Å²) < 4.78 is 2.46. The molecule has 0 fully saturated rings. The van der Waals surface area contributed by atoms with E-state index in [0.29, 0.717) is 0 Å². The minimum atomic E-state index is 1.10. The first-order chi connectivity index (χ1) is 35.7. The summed E-state index contributed by atoms with van der Waals surface area (Å²) in [5.41, 5.74) is 16.4. The molecule has 0 saturated heterocycles. The summed E-state index contributed by atoms with van der Waals surface area (Å²) in [5, 5.41) is 12.6. The van der Waals surface area contributed by atoms with Crippen LogP contribution in [0.1, 0.15) is 0 Å². The van der Waals surface area contributed by atoms with Gasteiger partial charge in [-0.25, -0.2) is 0 Å². The molecule has 0 spiro atoms. The first-order valence-electron chi connectivity index (χ1n) is 24.8. The molecule has 14 rings (SSSR count). The van der Waals surface area contributed by atoms with Gasteiger partial charge < -0.3 is 9.47 Å². The van der Waals surface area contributed by atoms with Crippen molar-refractivity contribution in [2.45, 2.75) is 0 Å². The summed E-state index contributed by atoms with van der Waals surface area (Å²) in [6.45, 7) is 0. The first-order valence-corrected chi connectivity index (χ1v) is 24.8. The van der Waals surface area contributed by atoms with Crippen LogP contribution in [0.5, 0.6) is 0 Å². The molecule has 0 unspecified atom stereocenters. The number of fused-ring (bicyclic) bond motifs is 10. The van der Waals surface area contributed by atoms with Gasteiger partial charge in [0.05, 0.1) is 11.0 Å². The number of benzene rings is 13. The van der Waals surface area contributed by atoms with Crippen LogP contribution in [0.4, 0.5) is 17.1 Å². The molecule has 0 aliphatic rings. The van der Waals surface area contributed by atoms with Gasteiger partial charge in [-0.1, -0.05) is 200 Å². The van der Waals surface area contributed by atoms with E-state index in [-0.39, 0.29) is 0 Å². The second-order valence-electron chi connectivity index (χ2n) is 18.9. The van der Waals surface area contributed by atoms with Crippen molar-refractivity contribution in [3.05, 3.63) is 279 Å². The van der Waals surface area contributed by atoms with Crippen LogP contribution in [0, 0.1) is 0 Å². The topological polar surface area (TPSA) is 8.17 Å². The van der Waals surface area contributed by atoms with Gasteiger partial charge in [-0.3, -0.25) is 0 Å². The van der Waals surface area contributed by atoms with E-state index in [1.807, 2.05) is 0 Å². The van der Waals surface area contributed by atoms with Crippen LogP contribution in [0.25, 0.3) is 115 Å². The SMILES string of the molecule is c1ccc(-c2ccc(N(c3ccccc3)c3ccc(-c4ccc5c(c4)c4cc(-c6cccc7ccccc67)ccc4n5-c4cccc(-c5ccc6c7ccccc7c7ccccc7c6c5)c4)cc3)cc2)cc1. The van der Waals surface area contributed by atoms with Crippen molar-refractivity contribution in [2.24, 2.45) is 0 Å². The predicted octanol–water partition coefficient (Wildman–Crippen LogP) is 19.5. The van der Waals surface area contributed by atoms with Gasteiger partial charge in [-0.2, -0.15) is 0 Å². The fourth-order valence-corrected chi connectivity index (χ4v) is 11.3. The number of anilines is 3. The maximum absolute atomic E-state index is 2.46. The van der Waals surface area contributed by atoms with Crippen LogP contribution in [0.3, 0.4) is 0 Å². The maximum Gasteiger partial charge on any atom is 0.0541 e. The Bertz CT molecular complexity index is 4320. The van der Waals surface area contributed by atoms with Crippen LogP contribution in [-0.2, 0) is 0 Å². The summed E-state index contributed by atoms with van der Waals surface area (Å²) in [4.78, 5) is 2.33. The van der Waals surface area contributed by atoms with Crippen molar-refractivity contribution in [1.29, 1.82) is 0 Å². The van der Waals surface area contributed by atoms with Gasteiger partial charge in [0.15, 0.2) is 0 Å². The lowest BCUT2D eigenvalue weighted by Crippen LogP contribution is -2.09. The molecule has 0 N–H and O–H groups in total. The van der Waals surface area contributed by atoms with Gasteiger partial charge in [0.1, 0.15) is 0 Å². The fraction of sp³-hybridized carbons (Fsp3) is 0. The third-order valence-electron chi connectivity index (χ3n) is 14.8. The first kappa shape index (κ1) is 41.5. The Morgan fingerprint density at radius 1 is 0.222 bits per heavy atom. The lowest BCUT2D eigenvalue weighted by molar-refractivity contribution is 1.18. The molecule has 0 atom stereocenters. The number of hydrogen-bond donors (Lipinski definition) is 0. The molecule has 0 amide bonds. The number of nitrogens with zero attached hydrogens (tertiary/aromatic N) is 2. The third-order valence-corrected chi connectivity index (χ3v) is 14.8. The van der Waals surface area contributed by atoms with Gasteiger partial charge in [0.2, 0.25) is 0 Å². The molecule has 14 aromatic rings. The van der Waals surface area contributed by atoms with Gasteiger partial charge in [-0.05, 0) is 166 Å². The highest BCUT2D eigenvalue weighted by Crippen LogP contribution is 2.42. The number of hydrogen-bond acceptors (Lipinski definition) is 1. The van der Waals surface area contributed by atoms with Crippen molar-refractivity contribution in [3.8, 4) is 50.2 Å². The van der Waals surface area contributed by atoms with Crippen LogP contribution in [0.2, 0.25) is 0 Å². The standard InChI is InChI=1S/C70H46N2/c1-3-15-47(16-4-1)48-29-36-56(37-30-48)71(55-20-5-2-6-21-55)57-38-31-49(32-39-57)52-34-41-69-67(45-52)68-46-54(60-28-14-18-50-17-7-8-23-59(50)60)35-42-70(68)72(69)58-22-13-19-51(43-58)53-33-40-65-63-26-10-9-24-61(63)62-25-11-12-27-64(62)66(65)44-53/h1-46H. The normalized spacial score (nSPS) is 11.6. The molecule has 336 valence electrons. The molecule has 0 aliphatic heterocycles. The number of rotatable bonds is 8. The van der Waals surface area contributed by atoms with Crippen LogP contribution < -0.4 is 4.90 Å². The second kappa shape index (κ2) is 17.2. The van der Waals surface area contributed by atoms with E-state index in [2.05, 4.69) is 289 Å². The highest BCUT2D eigenvalue weighted by Gasteiger charge is 2.18.